The lowest BCUT2D eigenvalue weighted by Crippen LogP contribution is -2.17. The van der Waals surface area contributed by atoms with E-state index in [0.29, 0.717) is 5.57 Å². The van der Waals surface area contributed by atoms with Gasteiger partial charge < -0.3 is 10.7 Å². The van der Waals surface area contributed by atoms with Gasteiger partial charge >= 0.3 is 0 Å². The SMILES string of the molecule is CCCC1=CC=CN/C1=C(\C=N)C(C)=O. The minimum atomic E-state index is -0.0789. The van der Waals surface area contributed by atoms with Crippen LogP contribution in [0.15, 0.2) is 35.2 Å². The molecular weight excluding hydrogens is 188 g/mol. The predicted molar refractivity (Wildman–Crippen MR) is 61.8 cm³/mol. The van der Waals surface area contributed by atoms with Gasteiger partial charge in [0.05, 0.1) is 11.3 Å². The van der Waals surface area contributed by atoms with E-state index in [2.05, 4.69) is 12.2 Å². The molecule has 3 heteroatoms. The highest BCUT2D eigenvalue weighted by atomic mass is 16.1. The number of dihydropyridines is 1. The first-order valence-electron chi connectivity index (χ1n) is 5.09. The molecule has 0 unspecified atom stereocenters. The second kappa shape index (κ2) is 5.29. The van der Waals surface area contributed by atoms with Crippen LogP contribution in [0.3, 0.4) is 0 Å². The Morgan fingerprint density at radius 1 is 1.60 bits per heavy atom. The Hall–Kier alpha value is -1.64. The monoisotopic (exact) mass is 204 g/mol. The maximum atomic E-state index is 11.3. The van der Waals surface area contributed by atoms with E-state index in [4.69, 9.17) is 5.41 Å². The Bertz CT molecular complexity index is 362. The molecule has 0 amide bonds. The molecule has 0 aromatic rings. The van der Waals surface area contributed by atoms with Crippen molar-refractivity contribution in [3.63, 3.8) is 0 Å². The van der Waals surface area contributed by atoms with Crippen LogP contribution in [-0.4, -0.2) is 12.0 Å². The first-order chi connectivity index (χ1) is 7.20. The number of Topliss-reactive ketones (excluding diaryl/α,β-unsaturated/α-hetero) is 1. The Morgan fingerprint density at radius 2 is 2.33 bits per heavy atom. The summed E-state index contributed by atoms with van der Waals surface area (Å²) in [6.07, 6.45) is 8.73. The first kappa shape index (κ1) is 11.4. The van der Waals surface area contributed by atoms with Gasteiger partial charge in [0, 0.05) is 12.4 Å². The standard InChI is InChI=1S/C12H16N2O/c1-3-5-10-6-4-7-14-12(10)11(8-13)9(2)15/h4,6-8,13-14H,3,5H2,1-2H3/b12-11+,13-8?. The van der Waals surface area contributed by atoms with Gasteiger partial charge in [-0.15, -0.1) is 0 Å². The molecule has 1 heterocycles. The molecule has 0 spiro atoms. The number of rotatable bonds is 4. The average Bonchev–Trinajstić information content (AvgIpc) is 2.21. The van der Waals surface area contributed by atoms with Crippen LogP contribution in [0, 0.1) is 5.41 Å². The van der Waals surface area contributed by atoms with Crippen LogP contribution in [-0.2, 0) is 4.79 Å². The molecule has 1 aliphatic rings. The number of hydrogen-bond acceptors (Lipinski definition) is 3. The molecule has 0 atom stereocenters. The van der Waals surface area contributed by atoms with Crippen molar-refractivity contribution in [1.82, 2.24) is 5.32 Å². The average molecular weight is 204 g/mol. The zero-order chi connectivity index (χ0) is 11.3. The van der Waals surface area contributed by atoms with Crippen LogP contribution < -0.4 is 5.32 Å². The largest absolute Gasteiger partial charge is 0.361 e. The van der Waals surface area contributed by atoms with Crippen molar-refractivity contribution in [2.24, 2.45) is 0 Å². The molecule has 0 fully saturated rings. The van der Waals surface area contributed by atoms with Crippen LogP contribution >= 0.6 is 0 Å². The lowest BCUT2D eigenvalue weighted by Gasteiger charge is -2.16. The van der Waals surface area contributed by atoms with E-state index < -0.39 is 0 Å². The summed E-state index contributed by atoms with van der Waals surface area (Å²) in [4.78, 5) is 11.3. The summed E-state index contributed by atoms with van der Waals surface area (Å²) in [6.45, 7) is 3.57. The van der Waals surface area contributed by atoms with Crippen molar-refractivity contribution in [2.75, 3.05) is 0 Å². The third kappa shape index (κ3) is 2.65. The zero-order valence-electron chi connectivity index (χ0n) is 9.13. The Morgan fingerprint density at radius 3 is 2.87 bits per heavy atom. The minimum Gasteiger partial charge on any atom is -0.361 e. The van der Waals surface area contributed by atoms with Gasteiger partial charge in [-0.2, -0.15) is 0 Å². The maximum Gasteiger partial charge on any atom is 0.163 e. The van der Waals surface area contributed by atoms with Gasteiger partial charge in [-0.05, 0) is 25.0 Å². The van der Waals surface area contributed by atoms with Crippen molar-refractivity contribution in [2.45, 2.75) is 26.7 Å². The van der Waals surface area contributed by atoms with E-state index in [-0.39, 0.29) is 5.78 Å². The highest BCUT2D eigenvalue weighted by Crippen LogP contribution is 2.20. The lowest BCUT2D eigenvalue weighted by atomic mass is 9.99. The van der Waals surface area contributed by atoms with Crippen LogP contribution in [0.5, 0.6) is 0 Å². The van der Waals surface area contributed by atoms with E-state index in [0.717, 1.165) is 30.3 Å². The molecule has 0 bridgehead atoms. The van der Waals surface area contributed by atoms with Crippen LogP contribution in [0.1, 0.15) is 26.7 Å². The molecule has 0 aliphatic carbocycles. The molecule has 15 heavy (non-hydrogen) atoms. The number of allylic oxidation sites excluding steroid dienone is 4. The molecule has 2 N–H and O–H groups in total. The van der Waals surface area contributed by atoms with Crippen LogP contribution in [0.4, 0.5) is 0 Å². The van der Waals surface area contributed by atoms with Crippen LogP contribution in [0.2, 0.25) is 0 Å². The van der Waals surface area contributed by atoms with Gasteiger partial charge in [0.25, 0.3) is 0 Å². The number of ketones is 1. The molecule has 0 saturated heterocycles. The van der Waals surface area contributed by atoms with E-state index in [9.17, 15) is 4.79 Å². The normalized spacial score (nSPS) is 17.9. The van der Waals surface area contributed by atoms with Crippen molar-refractivity contribution in [3.05, 3.63) is 35.2 Å². The van der Waals surface area contributed by atoms with Gasteiger partial charge in [0.15, 0.2) is 5.78 Å². The molecule has 1 aliphatic heterocycles. The quantitative estimate of drug-likeness (QED) is 0.545. The molecule has 3 nitrogen and oxygen atoms in total. The maximum absolute atomic E-state index is 11.3. The van der Waals surface area contributed by atoms with Crippen molar-refractivity contribution < 1.29 is 4.79 Å². The molecule has 0 saturated carbocycles. The van der Waals surface area contributed by atoms with Crippen LogP contribution in [0.25, 0.3) is 0 Å². The Balaban J connectivity index is 3.11. The lowest BCUT2D eigenvalue weighted by molar-refractivity contribution is -0.113. The van der Waals surface area contributed by atoms with E-state index >= 15 is 0 Å². The summed E-state index contributed by atoms with van der Waals surface area (Å²) < 4.78 is 0. The number of carbonyl (C=O) groups is 1. The highest BCUT2D eigenvalue weighted by Gasteiger charge is 2.13. The fourth-order valence-electron chi connectivity index (χ4n) is 1.55. The van der Waals surface area contributed by atoms with E-state index in [1.54, 1.807) is 6.20 Å². The van der Waals surface area contributed by atoms with E-state index in [1.807, 2.05) is 12.2 Å². The Kier molecular flexibility index (Phi) is 4.03. The topological polar surface area (TPSA) is 53.0 Å². The fraction of sp³-hybridized carbons (Fsp3) is 0.333. The first-order valence-corrected chi connectivity index (χ1v) is 5.09. The summed E-state index contributed by atoms with van der Waals surface area (Å²) in [5.74, 6) is -0.0789. The third-order valence-electron chi connectivity index (χ3n) is 2.25. The molecule has 1 rings (SSSR count). The van der Waals surface area contributed by atoms with Gasteiger partial charge in [0.1, 0.15) is 0 Å². The predicted octanol–water partition coefficient (Wildman–Crippen LogP) is 2.32. The highest BCUT2D eigenvalue weighted by molar-refractivity contribution is 6.12. The van der Waals surface area contributed by atoms with Gasteiger partial charge in [-0.25, -0.2) is 0 Å². The zero-order valence-corrected chi connectivity index (χ0v) is 9.13. The molecule has 0 radical (unpaired) electrons. The third-order valence-corrected chi connectivity index (χ3v) is 2.25. The Labute approximate surface area is 90.1 Å². The summed E-state index contributed by atoms with van der Waals surface area (Å²) in [5, 5.41) is 10.3. The smallest absolute Gasteiger partial charge is 0.163 e. The fourth-order valence-corrected chi connectivity index (χ4v) is 1.55. The minimum absolute atomic E-state index is 0.0789. The summed E-state index contributed by atoms with van der Waals surface area (Å²) in [6, 6.07) is 0. The second-order valence-corrected chi connectivity index (χ2v) is 3.43. The second-order valence-electron chi connectivity index (χ2n) is 3.43. The molecule has 80 valence electrons. The number of nitrogens with one attached hydrogen (secondary N) is 2. The van der Waals surface area contributed by atoms with Crippen molar-refractivity contribution in [1.29, 1.82) is 5.41 Å². The van der Waals surface area contributed by atoms with Crippen molar-refractivity contribution in [3.8, 4) is 0 Å². The summed E-state index contributed by atoms with van der Waals surface area (Å²) in [7, 11) is 0. The molecular formula is C12H16N2O. The van der Waals surface area contributed by atoms with E-state index in [1.165, 1.54) is 6.92 Å². The van der Waals surface area contributed by atoms with Gasteiger partial charge in [-0.3, -0.25) is 4.79 Å². The summed E-state index contributed by atoms with van der Waals surface area (Å²) >= 11 is 0. The number of carbonyl (C=O) groups excluding carboxylic acids is 1. The molecule has 0 aromatic carbocycles. The van der Waals surface area contributed by atoms with Gasteiger partial charge in [0.2, 0.25) is 0 Å². The van der Waals surface area contributed by atoms with Crippen molar-refractivity contribution >= 4 is 12.0 Å². The van der Waals surface area contributed by atoms with Gasteiger partial charge in [-0.1, -0.05) is 19.4 Å². The summed E-state index contributed by atoms with van der Waals surface area (Å²) in [5.41, 5.74) is 2.31. The number of hydrogen-bond donors (Lipinski definition) is 2. The molecule has 0 aromatic heterocycles.